The standard InChI is InChI=1S/C14H12O4/c15-9-14(18,10-5-2-1-3-6-10)11-7-4-8-12(16)13(11)17/h1-9,16-18H. The average molecular weight is 244 g/mol. The van der Waals surface area contributed by atoms with Gasteiger partial charge in [0.1, 0.15) is 0 Å². The molecule has 1 atom stereocenters. The lowest BCUT2D eigenvalue weighted by Gasteiger charge is -2.23. The second kappa shape index (κ2) is 4.50. The van der Waals surface area contributed by atoms with Crippen LogP contribution in [0.5, 0.6) is 11.5 Å². The summed E-state index contributed by atoms with van der Waals surface area (Å²) in [5.74, 6) is -0.889. The zero-order valence-electron chi connectivity index (χ0n) is 9.45. The first-order chi connectivity index (χ1) is 8.59. The summed E-state index contributed by atoms with van der Waals surface area (Å²) in [6.45, 7) is 0. The molecule has 0 saturated heterocycles. The van der Waals surface area contributed by atoms with Gasteiger partial charge in [-0.1, -0.05) is 42.5 Å². The third-order valence-electron chi connectivity index (χ3n) is 2.81. The Kier molecular flexibility index (Phi) is 3.04. The molecule has 0 amide bonds. The molecule has 3 N–H and O–H groups in total. The van der Waals surface area contributed by atoms with Gasteiger partial charge in [-0.3, -0.25) is 4.79 Å². The van der Waals surface area contributed by atoms with Gasteiger partial charge in [-0.2, -0.15) is 0 Å². The van der Waals surface area contributed by atoms with Gasteiger partial charge >= 0.3 is 0 Å². The molecule has 0 aromatic heterocycles. The highest BCUT2D eigenvalue weighted by Crippen LogP contribution is 2.38. The van der Waals surface area contributed by atoms with Crippen molar-refractivity contribution in [1.82, 2.24) is 0 Å². The molecular weight excluding hydrogens is 232 g/mol. The Balaban J connectivity index is 2.64. The molecule has 0 spiro atoms. The molecular formula is C14H12O4. The number of aliphatic hydroxyl groups is 1. The van der Waals surface area contributed by atoms with Gasteiger partial charge in [-0.05, 0) is 11.6 Å². The Hall–Kier alpha value is -2.33. The molecule has 0 heterocycles. The third-order valence-corrected chi connectivity index (χ3v) is 2.81. The Labute approximate surface area is 104 Å². The van der Waals surface area contributed by atoms with Crippen LogP contribution in [-0.2, 0) is 10.4 Å². The quantitative estimate of drug-likeness (QED) is 0.565. The summed E-state index contributed by atoms with van der Waals surface area (Å²) in [6.07, 6.45) is 0.330. The number of para-hydroxylation sites is 1. The summed E-state index contributed by atoms with van der Waals surface area (Å²) in [6, 6.07) is 12.3. The molecule has 0 aliphatic rings. The van der Waals surface area contributed by atoms with Gasteiger partial charge in [-0.15, -0.1) is 0 Å². The summed E-state index contributed by atoms with van der Waals surface area (Å²) in [7, 11) is 0. The minimum atomic E-state index is -1.98. The second-order valence-corrected chi connectivity index (χ2v) is 3.92. The van der Waals surface area contributed by atoms with E-state index in [0.717, 1.165) is 0 Å². The molecule has 0 bridgehead atoms. The Morgan fingerprint density at radius 1 is 0.944 bits per heavy atom. The first-order valence-corrected chi connectivity index (χ1v) is 5.35. The minimum Gasteiger partial charge on any atom is -0.504 e. The Morgan fingerprint density at radius 2 is 1.61 bits per heavy atom. The van der Waals surface area contributed by atoms with Crippen molar-refractivity contribution in [2.24, 2.45) is 0 Å². The molecule has 18 heavy (non-hydrogen) atoms. The highest BCUT2D eigenvalue weighted by Gasteiger charge is 2.34. The molecule has 0 radical (unpaired) electrons. The molecule has 0 fully saturated rings. The fourth-order valence-corrected chi connectivity index (χ4v) is 1.82. The normalized spacial score (nSPS) is 13.8. The van der Waals surface area contributed by atoms with Crippen molar-refractivity contribution in [2.45, 2.75) is 5.60 Å². The lowest BCUT2D eigenvalue weighted by atomic mass is 9.87. The average Bonchev–Trinajstić information content (AvgIpc) is 2.42. The molecule has 1 unspecified atom stereocenters. The minimum absolute atomic E-state index is 0.0521. The van der Waals surface area contributed by atoms with Crippen molar-refractivity contribution in [3.05, 3.63) is 59.7 Å². The molecule has 2 aromatic carbocycles. The maximum atomic E-state index is 11.2. The number of carbonyl (C=O) groups excluding carboxylic acids is 1. The van der Waals surface area contributed by atoms with Crippen LogP contribution >= 0.6 is 0 Å². The summed E-state index contributed by atoms with van der Waals surface area (Å²) in [4.78, 5) is 11.2. The van der Waals surface area contributed by atoms with E-state index in [2.05, 4.69) is 0 Å². The van der Waals surface area contributed by atoms with Crippen LogP contribution in [0.25, 0.3) is 0 Å². The molecule has 2 rings (SSSR count). The fraction of sp³-hybridized carbons (Fsp3) is 0.0714. The summed E-state index contributed by atoms with van der Waals surface area (Å²) in [5, 5.41) is 29.6. The Morgan fingerprint density at radius 3 is 2.22 bits per heavy atom. The second-order valence-electron chi connectivity index (χ2n) is 3.92. The number of aldehydes is 1. The Bertz CT molecular complexity index is 565. The van der Waals surface area contributed by atoms with Crippen LogP contribution in [0.15, 0.2) is 48.5 Å². The van der Waals surface area contributed by atoms with Crippen LogP contribution in [0.4, 0.5) is 0 Å². The fourth-order valence-electron chi connectivity index (χ4n) is 1.82. The van der Waals surface area contributed by atoms with E-state index in [1.54, 1.807) is 30.3 Å². The zero-order valence-corrected chi connectivity index (χ0v) is 9.45. The van der Waals surface area contributed by atoms with E-state index in [9.17, 15) is 20.1 Å². The number of hydrogen-bond acceptors (Lipinski definition) is 4. The van der Waals surface area contributed by atoms with E-state index >= 15 is 0 Å². The van der Waals surface area contributed by atoms with Crippen molar-refractivity contribution < 1.29 is 20.1 Å². The van der Waals surface area contributed by atoms with Crippen LogP contribution in [0.3, 0.4) is 0 Å². The van der Waals surface area contributed by atoms with Gasteiger partial charge in [-0.25, -0.2) is 0 Å². The maximum absolute atomic E-state index is 11.2. The van der Waals surface area contributed by atoms with Gasteiger partial charge in [0.25, 0.3) is 0 Å². The number of benzene rings is 2. The molecule has 0 aliphatic heterocycles. The number of hydrogen-bond donors (Lipinski definition) is 3. The predicted molar refractivity (Wildman–Crippen MR) is 65.3 cm³/mol. The zero-order chi connectivity index (χ0) is 13.2. The molecule has 4 heteroatoms. The highest BCUT2D eigenvalue weighted by atomic mass is 16.3. The topological polar surface area (TPSA) is 77.8 Å². The van der Waals surface area contributed by atoms with Crippen molar-refractivity contribution >= 4 is 6.29 Å². The lowest BCUT2D eigenvalue weighted by molar-refractivity contribution is -0.121. The number of phenolic OH excluding ortho intramolecular Hbond substituents is 2. The largest absolute Gasteiger partial charge is 0.504 e. The van der Waals surface area contributed by atoms with Gasteiger partial charge in [0.2, 0.25) is 0 Å². The van der Waals surface area contributed by atoms with Crippen LogP contribution in [0, 0.1) is 0 Å². The van der Waals surface area contributed by atoms with Gasteiger partial charge in [0, 0.05) is 5.56 Å². The van der Waals surface area contributed by atoms with Gasteiger partial charge < -0.3 is 15.3 Å². The van der Waals surface area contributed by atoms with Crippen molar-refractivity contribution in [3.63, 3.8) is 0 Å². The van der Waals surface area contributed by atoms with Gasteiger partial charge in [0.15, 0.2) is 23.4 Å². The van der Waals surface area contributed by atoms with E-state index < -0.39 is 11.4 Å². The monoisotopic (exact) mass is 244 g/mol. The molecule has 2 aromatic rings. The van der Waals surface area contributed by atoms with E-state index in [-0.39, 0.29) is 11.3 Å². The van der Waals surface area contributed by atoms with Crippen LogP contribution in [0.1, 0.15) is 11.1 Å². The number of phenols is 2. The number of carbonyl (C=O) groups is 1. The summed E-state index contributed by atoms with van der Waals surface area (Å²) in [5.41, 5.74) is -1.71. The van der Waals surface area contributed by atoms with E-state index in [1.807, 2.05) is 0 Å². The molecule has 4 nitrogen and oxygen atoms in total. The number of rotatable bonds is 3. The molecule has 0 aliphatic carbocycles. The van der Waals surface area contributed by atoms with Crippen LogP contribution in [0.2, 0.25) is 0 Å². The summed E-state index contributed by atoms with van der Waals surface area (Å²) >= 11 is 0. The van der Waals surface area contributed by atoms with Crippen LogP contribution in [-0.4, -0.2) is 21.6 Å². The van der Waals surface area contributed by atoms with E-state index in [1.165, 1.54) is 18.2 Å². The number of aromatic hydroxyl groups is 2. The molecule has 92 valence electrons. The maximum Gasteiger partial charge on any atom is 0.174 e. The molecule has 0 saturated carbocycles. The third kappa shape index (κ3) is 1.83. The van der Waals surface area contributed by atoms with Crippen LogP contribution < -0.4 is 0 Å². The first kappa shape index (κ1) is 12.1. The smallest absolute Gasteiger partial charge is 0.174 e. The van der Waals surface area contributed by atoms with Gasteiger partial charge in [0.05, 0.1) is 0 Å². The predicted octanol–water partition coefficient (Wildman–Crippen LogP) is 1.53. The first-order valence-electron chi connectivity index (χ1n) is 5.35. The SMILES string of the molecule is O=CC(O)(c1ccccc1)c1cccc(O)c1O. The highest BCUT2D eigenvalue weighted by molar-refractivity contribution is 5.74. The lowest BCUT2D eigenvalue weighted by Crippen LogP contribution is -2.29. The van der Waals surface area contributed by atoms with Crippen molar-refractivity contribution in [2.75, 3.05) is 0 Å². The van der Waals surface area contributed by atoms with E-state index in [0.29, 0.717) is 11.8 Å². The van der Waals surface area contributed by atoms with Crippen molar-refractivity contribution in [3.8, 4) is 11.5 Å². The van der Waals surface area contributed by atoms with E-state index in [4.69, 9.17) is 0 Å². The summed E-state index contributed by atoms with van der Waals surface area (Å²) < 4.78 is 0. The van der Waals surface area contributed by atoms with Crippen molar-refractivity contribution in [1.29, 1.82) is 0 Å².